The number of carbonyl (C=O) groups is 2. The molecule has 2 aromatic rings. The summed E-state index contributed by atoms with van der Waals surface area (Å²) in [6.07, 6.45) is 1.10. The molecule has 0 aliphatic heterocycles. The lowest BCUT2D eigenvalue weighted by atomic mass is 10.1. The van der Waals surface area contributed by atoms with E-state index in [1.807, 2.05) is 0 Å². The Labute approximate surface area is 114 Å². The van der Waals surface area contributed by atoms with Crippen LogP contribution in [0, 0.1) is 5.95 Å². The minimum atomic E-state index is -0.966. The van der Waals surface area contributed by atoms with Crippen LogP contribution in [0.15, 0.2) is 42.6 Å². The molecule has 0 spiro atoms. The van der Waals surface area contributed by atoms with Gasteiger partial charge in [0.25, 0.3) is 5.91 Å². The van der Waals surface area contributed by atoms with E-state index in [4.69, 9.17) is 5.11 Å². The molecule has 102 valence electrons. The average Bonchev–Trinajstić information content (AvgIpc) is 2.38. The summed E-state index contributed by atoms with van der Waals surface area (Å²) < 4.78 is 13.3. The Morgan fingerprint density at radius 1 is 1.25 bits per heavy atom. The summed E-state index contributed by atoms with van der Waals surface area (Å²) in [7, 11) is 0. The van der Waals surface area contributed by atoms with Crippen LogP contribution in [0.1, 0.15) is 15.9 Å². The minimum Gasteiger partial charge on any atom is -0.481 e. The first-order valence-corrected chi connectivity index (χ1v) is 5.79. The number of anilines is 1. The maximum absolute atomic E-state index is 13.3. The summed E-state index contributed by atoms with van der Waals surface area (Å²) in [5.74, 6) is -2.46. The first-order valence-electron chi connectivity index (χ1n) is 5.79. The van der Waals surface area contributed by atoms with Crippen LogP contribution < -0.4 is 5.32 Å². The van der Waals surface area contributed by atoms with E-state index < -0.39 is 17.8 Å². The van der Waals surface area contributed by atoms with Crippen LogP contribution in [0.25, 0.3) is 0 Å². The maximum Gasteiger partial charge on any atom is 0.307 e. The molecule has 2 rings (SSSR count). The molecule has 0 unspecified atom stereocenters. The van der Waals surface area contributed by atoms with Gasteiger partial charge in [-0.05, 0) is 29.8 Å². The van der Waals surface area contributed by atoms with Gasteiger partial charge in [0.2, 0.25) is 5.95 Å². The number of pyridine rings is 1. The van der Waals surface area contributed by atoms with Crippen molar-refractivity contribution < 1.29 is 19.1 Å². The summed E-state index contributed by atoms with van der Waals surface area (Å²) in [6.45, 7) is 0. The van der Waals surface area contributed by atoms with Crippen molar-refractivity contribution in [1.82, 2.24) is 4.98 Å². The fourth-order valence-electron chi connectivity index (χ4n) is 1.69. The van der Waals surface area contributed by atoms with Crippen molar-refractivity contribution in [2.24, 2.45) is 0 Å². The molecular weight excluding hydrogens is 263 g/mol. The number of aliphatic carboxylic acids is 1. The van der Waals surface area contributed by atoms with Crippen LogP contribution in [0.5, 0.6) is 0 Å². The summed E-state index contributed by atoms with van der Waals surface area (Å²) in [4.78, 5) is 25.9. The molecule has 0 aliphatic carbocycles. The maximum atomic E-state index is 13.3. The number of amides is 1. The number of benzene rings is 1. The van der Waals surface area contributed by atoms with Crippen molar-refractivity contribution in [3.8, 4) is 0 Å². The second-order valence-electron chi connectivity index (χ2n) is 4.07. The highest BCUT2D eigenvalue weighted by molar-refractivity contribution is 6.04. The van der Waals surface area contributed by atoms with E-state index in [9.17, 15) is 14.0 Å². The zero-order chi connectivity index (χ0) is 14.5. The number of aromatic nitrogens is 1. The molecule has 0 saturated heterocycles. The van der Waals surface area contributed by atoms with Crippen molar-refractivity contribution in [3.63, 3.8) is 0 Å². The topological polar surface area (TPSA) is 79.3 Å². The van der Waals surface area contributed by atoms with Crippen LogP contribution in [0.3, 0.4) is 0 Å². The highest BCUT2D eigenvalue weighted by atomic mass is 19.1. The van der Waals surface area contributed by atoms with Crippen LogP contribution in [-0.4, -0.2) is 22.0 Å². The van der Waals surface area contributed by atoms with Gasteiger partial charge in [0.05, 0.1) is 12.0 Å². The van der Waals surface area contributed by atoms with Gasteiger partial charge in [0.1, 0.15) is 0 Å². The number of carboxylic acids is 1. The zero-order valence-electron chi connectivity index (χ0n) is 10.3. The summed E-state index contributed by atoms with van der Waals surface area (Å²) >= 11 is 0. The predicted molar refractivity (Wildman–Crippen MR) is 69.9 cm³/mol. The van der Waals surface area contributed by atoms with Crippen LogP contribution in [0.2, 0.25) is 0 Å². The molecule has 2 N–H and O–H groups in total. The number of nitrogens with one attached hydrogen (secondary N) is 1. The number of nitrogens with zero attached hydrogens (tertiary/aromatic N) is 1. The van der Waals surface area contributed by atoms with E-state index in [1.165, 1.54) is 24.4 Å². The SMILES string of the molecule is O=C(O)Cc1cccc(NC(=O)c2cccnc2F)c1. The van der Waals surface area contributed by atoms with Gasteiger partial charge in [-0.3, -0.25) is 9.59 Å². The highest BCUT2D eigenvalue weighted by Crippen LogP contribution is 2.13. The molecular formula is C14H11FN2O3. The Morgan fingerprint density at radius 2 is 2.05 bits per heavy atom. The molecule has 6 heteroatoms. The van der Waals surface area contributed by atoms with Crippen LogP contribution in [0.4, 0.5) is 10.1 Å². The van der Waals surface area contributed by atoms with Crippen molar-refractivity contribution in [3.05, 3.63) is 59.7 Å². The van der Waals surface area contributed by atoms with Gasteiger partial charge in [-0.1, -0.05) is 12.1 Å². The lowest BCUT2D eigenvalue weighted by Gasteiger charge is -2.07. The van der Waals surface area contributed by atoms with Crippen molar-refractivity contribution in [2.45, 2.75) is 6.42 Å². The molecule has 0 bridgehead atoms. The molecule has 1 aromatic carbocycles. The lowest BCUT2D eigenvalue weighted by Crippen LogP contribution is -2.14. The van der Waals surface area contributed by atoms with Gasteiger partial charge in [-0.2, -0.15) is 4.39 Å². The van der Waals surface area contributed by atoms with Gasteiger partial charge in [-0.15, -0.1) is 0 Å². The highest BCUT2D eigenvalue weighted by Gasteiger charge is 2.12. The normalized spacial score (nSPS) is 10.1. The van der Waals surface area contributed by atoms with Crippen LogP contribution in [-0.2, 0) is 11.2 Å². The van der Waals surface area contributed by atoms with E-state index in [1.54, 1.807) is 18.2 Å². The monoisotopic (exact) mass is 274 g/mol. The third-order valence-corrected chi connectivity index (χ3v) is 2.54. The lowest BCUT2D eigenvalue weighted by molar-refractivity contribution is -0.136. The minimum absolute atomic E-state index is 0.148. The Bertz CT molecular complexity index is 658. The molecule has 0 atom stereocenters. The van der Waals surface area contributed by atoms with Crippen molar-refractivity contribution in [2.75, 3.05) is 5.32 Å². The number of hydrogen-bond donors (Lipinski definition) is 2. The average molecular weight is 274 g/mol. The summed E-state index contributed by atoms with van der Waals surface area (Å²) in [5.41, 5.74) is 0.773. The molecule has 0 radical (unpaired) electrons. The van der Waals surface area contributed by atoms with Gasteiger partial charge in [0, 0.05) is 11.9 Å². The Morgan fingerprint density at radius 3 is 2.75 bits per heavy atom. The van der Waals surface area contributed by atoms with Gasteiger partial charge in [0.15, 0.2) is 0 Å². The second-order valence-corrected chi connectivity index (χ2v) is 4.07. The number of carbonyl (C=O) groups excluding carboxylic acids is 1. The fourth-order valence-corrected chi connectivity index (χ4v) is 1.69. The van der Waals surface area contributed by atoms with E-state index in [2.05, 4.69) is 10.3 Å². The van der Waals surface area contributed by atoms with Gasteiger partial charge in [-0.25, -0.2) is 4.98 Å². The van der Waals surface area contributed by atoms with E-state index in [0.29, 0.717) is 11.3 Å². The van der Waals surface area contributed by atoms with E-state index in [0.717, 1.165) is 0 Å². The Hall–Kier alpha value is -2.76. The number of carboxylic acid groups (broad SMARTS) is 1. The summed E-state index contributed by atoms with van der Waals surface area (Å²) in [5, 5.41) is 11.2. The molecule has 20 heavy (non-hydrogen) atoms. The van der Waals surface area contributed by atoms with E-state index in [-0.39, 0.29) is 12.0 Å². The van der Waals surface area contributed by atoms with Crippen LogP contribution >= 0.6 is 0 Å². The standard InChI is InChI=1S/C14H11FN2O3/c15-13-11(5-2-6-16-13)14(20)17-10-4-1-3-9(7-10)8-12(18)19/h1-7H,8H2,(H,17,20)(H,18,19). The molecule has 1 amide bonds. The number of rotatable bonds is 4. The third-order valence-electron chi connectivity index (χ3n) is 2.54. The number of hydrogen-bond acceptors (Lipinski definition) is 3. The zero-order valence-corrected chi connectivity index (χ0v) is 10.3. The van der Waals surface area contributed by atoms with E-state index >= 15 is 0 Å². The third kappa shape index (κ3) is 3.38. The quantitative estimate of drug-likeness (QED) is 0.837. The molecule has 0 aliphatic rings. The molecule has 0 saturated carbocycles. The van der Waals surface area contributed by atoms with Gasteiger partial charge >= 0.3 is 5.97 Å². The largest absolute Gasteiger partial charge is 0.481 e. The smallest absolute Gasteiger partial charge is 0.307 e. The second kappa shape index (κ2) is 5.92. The van der Waals surface area contributed by atoms with Gasteiger partial charge < -0.3 is 10.4 Å². The Balaban J connectivity index is 2.16. The first kappa shape index (κ1) is 13.7. The predicted octanol–water partition coefficient (Wildman–Crippen LogP) is 2.10. The molecule has 0 fully saturated rings. The molecule has 1 aromatic heterocycles. The Kier molecular flexibility index (Phi) is 4.05. The van der Waals surface area contributed by atoms with Crippen molar-refractivity contribution >= 4 is 17.6 Å². The molecule has 1 heterocycles. The first-order chi connectivity index (χ1) is 9.56. The summed E-state index contributed by atoms with van der Waals surface area (Å²) in [6, 6.07) is 9.15. The molecule has 5 nitrogen and oxygen atoms in total. The van der Waals surface area contributed by atoms with Crippen molar-refractivity contribution in [1.29, 1.82) is 0 Å². The number of halogens is 1. The fraction of sp³-hybridized carbons (Fsp3) is 0.0714.